The minimum absolute atomic E-state index is 0.0717. The molecule has 0 aromatic heterocycles. The Balaban J connectivity index is 3.21. The lowest BCUT2D eigenvalue weighted by atomic mass is 10.2. The fourth-order valence-electron chi connectivity index (χ4n) is 1.43. The molecule has 2 N–H and O–H groups in total. The Morgan fingerprint density at radius 2 is 2.12 bits per heavy atom. The molecule has 0 heterocycles. The van der Waals surface area contributed by atoms with Crippen molar-refractivity contribution in [2.45, 2.75) is 18.7 Å². The number of benzene rings is 1. The van der Waals surface area contributed by atoms with Gasteiger partial charge in [0.1, 0.15) is 0 Å². The van der Waals surface area contributed by atoms with E-state index < -0.39 is 10.0 Å². The molecule has 0 saturated carbocycles. The van der Waals surface area contributed by atoms with Gasteiger partial charge in [0.15, 0.2) is 0 Å². The molecule has 0 amide bonds. The summed E-state index contributed by atoms with van der Waals surface area (Å²) in [6, 6.07) is 4.65. The summed E-state index contributed by atoms with van der Waals surface area (Å²) in [5, 5.41) is 0. The molecule has 0 bridgehead atoms. The topological polar surface area (TPSA) is 63.4 Å². The second kappa shape index (κ2) is 5.21. The zero-order valence-corrected chi connectivity index (χ0v) is 10.8. The van der Waals surface area contributed by atoms with Gasteiger partial charge in [-0.3, -0.25) is 0 Å². The monoisotopic (exact) mass is 252 g/mol. The highest BCUT2D eigenvalue weighted by molar-refractivity contribution is 7.89. The van der Waals surface area contributed by atoms with Crippen molar-refractivity contribution in [3.8, 4) is 12.3 Å². The van der Waals surface area contributed by atoms with Gasteiger partial charge in [0.25, 0.3) is 0 Å². The number of hydrogen-bond donors (Lipinski definition) is 1. The summed E-state index contributed by atoms with van der Waals surface area (Å²) < 4.78 is 25.7. The number of aryl methyl sites for hydroxylation is 1. The highest BCUT2D eigenvalue weighted by Crippen LogP contribution is 2.20. The molecule has 0 aliphatic heterocycles. The maximum absolute atomic E-state index is 12.2. The predicted octanol–water partition coefficient (Wildman–Crippen LogP) is 1.22. The molecule has 17 heavy (non-hydrogen) atoms. The zero-order chi connectivity index (χ0) is 13.1. The van der Waals surface area contributed by atoms with Crippen molar-refractivity contribution in [3.63, 3.8) is 0 Å². The number of rotatable bonds is 4. The van der Waals surface area contributed by atoms with E-state index in [1.165, 1.54) is 10.4 Å². The Morgan fingerprint density at radius 1 is 1.47 bits per heavy atom. The lowest BCUT2D eigenvalue weighted by molar-refractivity contribution is 0.464. The van der Waals surface area contributed by atoms with Gasteiger partial charge in [-0.2, -0.15) is 4.31 Å². The maximum Gasteiger partial charge on any atom is 0.243 e. The van der Waals surface area contributed by atoms with Gasteiger partial charge in [0, 0.05) is 12.2 Å². The first kappa shape index (κ1) is 13.6. The van der Waals surface area contributed by atoms with Crippen molar-refractivity contribution in [1.82, 2.24) is 4.31 Å². The van der Waals surface area contributed by atoms with Crippen molar-refractivity contribution >= 4 is 15.7 Å². The van der Waals surface area contributed by atoms with Crippen LogP contribution in [0.3, 0.4) is 0 Å². The lowest BCUT2D eigenvalue weighted by Gasteiger charge is -2.18. The Hall–Kier alpha value is -1.51. The number of nitrogens with zero attached hydrogens (tertiary/aromatic N) is 1. The molecule has 0 radical (unpaired) electrons. The van der Waals surface area contributed by atoms with Gasteiger partial charge < -0.3 is 5.73 Å². The van der Waals surface area contributed by atoms with E-state index in [1.807, 2.05) is 0 Å². The number of terminal acetylenes is 1. The van der Waals surface area contributed by atoms with Crippen LogP contribution in [0.1, 0.15) is 12.5 Å². The first-order valence-electron chi connectivity index (χ1n) is 5.23. The van der Waals surface area contributed by atoms with Crippen molar-refractivity contribution < 1.29 is 8.42 Å². The molecule has 0 fully saturated rings. The fourth-order valence-corrected chi connectivity index (χ4v) is 2.87. The van der Waals surface area contributed by atoms with E-state index in [9.17, 15) is 8.42 Å². The van der Waals surface area contributed by atoms with Crippen LogP contribution in [0.4, 0.5) is 5.69 Å². The average Bonchev–Trinajstić information content (AvgIpc) is 2.29. The van der Waals surface area contributed by atoms with Crippen molar-refractivity contribution in [2.75, 3.05) is 18.8 Å². The minimum atomic E-state index is -3.52. The summed E-state index contributed by atoms with van der Waals surface area (Å²) in [6.07, 6.45) is 5.16. The Bertz CT molecular complexity index is 544. The number of anilines is 1. The largest absolute Gasteiger partial charge is 0.399 e. The molecule has 0 spiro atoms. The van der Waals surface area contributed by atoms with E-state index in [-0.39, 0.29) is 11.4 Å². The predicted molar refractivity (Wildman–Crippen MR) is 68.9 cm³/mol. The molecule has 0 atom stereocenters. The zero-order valence-electron chi connectivity index (χ0n) is 9.97. The van der Waals surface area contributed by atoms with Crippen molar-refractivity contribution in [3.05, 3.63) is 23.8 Å². The number of hydrogen-bond acceptors (Lipinski definition) is 3. The van der Waals surface area contributed by atoms with Crippen LogP contribution in [-0.4, -0.2) is 25.8 Å². The smallest absolute Gasteiger partial charge is 0.243 e. The third-order valence-electron chi connectivity index (χ3n) is 2.50. The third kappa shape index (κ3) is 2.78. The summed E-state index contributed by atoms with van der Waals surface area (Å²) >= 11 is 0. The van der Waals surface area contributed by atoms with E-state index in [1.54, 1.807) is 26.0 Å². The molecule has 1 aromatic carbocycles. The molecule has 92 valence electrons. The van der Waals surface area contributed by atoms with Gasteiger partial charge in [-0.25, -0.2) is 8.42 Å². The number of nitrogens with two attached hydrogens (primary N) is 1. The lowest BCUT2D eigenvalue weighted by Crippen LogP contribution is -2.31. The van der Waals surface area contributed by atoms with Gasteiger partial charge in [-0.05, 0) is 30.7 Å². The third-order valence-corrected chi connectivity index (χ3v) is 4.42. The van der Waals surface area contributed by atoms with Gasteiger partial charge in [0.2, 0.25) is 10.0 Å². The quantitative estimate of drug-likeness (QED) is 0.647. The molecule has 0 unspecified atom stereocenters. The first-order valence-corrected chi connectivity index (χ1v) is 6.67. The summed E-state index contributed by atoms with van der Waals surface area (Å²) in [4.78, 5) is 0.223. The van der Waals surface area contributed by atoms with Gasteiger partial charge >= 0.3 is 0 Å². The molecule has 4 nitrogen and oxygen atoms in total. The molecule has 5 heteroatoms. The molecule has 0 aliphatic carbocycles. The van der Waals surface area contributed by atoms with Gasteiger partial charge in [-0.1, -0.05) is 12.8 Å². The second-order valence-electron chi connectivity index (χ2n) is 3.65. The van der Waals surface area contributed by atoms with Crippen LogP contribution in [0.15, 0.2) is 23.1 Å². The van der Waals surface area contributed by atoms with E-state index in [0.29, 0.717) is 12.2 Å². The summed E-state index contributed by atoms with van der Waals surface area (Å²) in [7, 11) is -3.52. The van der Waals surface area contributed by atoms with Crippen LogP contribution in [0.25, 0.3) is 0 Å². The Morgan fingerprint density at radius 3 is 2.59 bits per heavy atom. The molecule has 1 aromatic rings. The van der Waals surface area contributed by atoms with Crippen LogP contribution in [0.2, 0.25) is 0 Å². The maximum atomic E-state index is 12.2. The number of nitrogen functional groups attached to an aromatic ring is 1. The summed E-state index contributed by atoms with van der Waals surface area (Å²) in [6.45, 7) is 3.93. The molecule has 0 saturated heterocycles. The molecular formula is C12H16N2O2S. The molecule has 1 rings (SSSR count). The van der Waals surface area contributed by atoms with Crippen LogP contribution < -0.4 is 5.73 Å². The standard InChI is InChI=1S/C12H16N2O2S/c1-4-8-14(5-2)17(15,16)11-6-7-12(13)10(3)9-11/h1,6-7,9H,5,8,13H2,2-3H3. The van der Waals surface area contributed by atoms with Gasteiger partial charge in [-0.15, -0.1) is 6.42 Å². The van der Waals surface area contributed by atoms with E-state index >= 15 is 0 Å². The first-order chi connectivity index (χ1) is 7.93. The molecule has 0 aliphatic rings. The normalized spacial score (nSPS) is 11.4. The summed E-state index contributed by atoms with van der Waals surface area (Å²) in [5.41, 5.74) is 6.97. The average molecular weight is 252 g/mol. The Labute approximate surface area is 102 Å². The SMILES string of the molecule is C#CCN(CC)S(=O)(=O)c1ccc(N)c(C)c1. The van der Waals surface area contributed by atoms with Crippen LogP contribution in [0.5, 0.6) is 0 Å². The summed E-state index contributed by atoms with van der Waals surface area (Å²) in [5.74, 6) is 2.34. The van der Waals surface area contributed by atoms with Crippen LogP contribution in [-0.2, 0) is 10.0 Å². The van der Waals surface area contributed by atoms with E-state index in [2.05, 4.69) is 5.92 Å². The van der Waals surface area contributed by atoms with Gasteiger partial charge in [0.05, 0.1) is 11.4 Å². The highest BCUT2D eigenvalue weighted by atomic mass is 32.2. The number of sulfonamides is 1. The van der Waals surface area contributed by atoms with E-state index in [0.717, 1.165) is 5.56 Å². The second-order valence-corrected chi connectivity index (χ2v) is 5.59. The minimum Gasteiger partial charge on any atom is -0.399 e. The fraction of sp³-hybridized carbons (Fsp3) is 0.333. The van der Waals surface area contributed by atoms with E-state index in [4.69, 9.17) is 12.2 Å². The Kier molecular flexibility index (Phi) is 4.16. The van der Waals surface area contributed by atoms with Crippen LogP contribution in [0, 0.1) is 19.3 Å². The highest BCUT2D eigenvalue weighted by Gasteiger charge is 2.22. The van der Waals surface area contributed by atoms with Crippen LogP contribution >= 0.6 is 0 Å². The van der Waals surface area contributed by atoms with Crippen molar-refractivity contribution in [2.24, 2.45) is 0 Å². The molecular weight excluding hydrogens is 236 g/mol. The van der Waals surface area contributed by atoms with Crippen molar-refractivity contribution in [1.29, 1.82) is 0 Å².